The molecule has 0 radical (unpaired) electrons. The van der Waals surface area contributed by atoms with Crippen molar-refractivity contribution < 1.29 is 5.21 Å². The predicted octanol–water partition coefficient (Wildman–Crippen LogP) is 4.18. The van der Waals surface area contributed by atoms with E-state index in [0.717, 1.165) is 0 Å². The molecule has 0 fully saturated rings. The van der Waals surface area contributed by atoms with Crippen molar-refractivity contribution >= 4 is 0 Å². The van der Waals surface area contributed by atoms with Crippen molar-refractivity contribution in [3.8, 4) is 0 Å². The van der Waals surface area contributed by atoms with Crippen LogP contribution in [0.4, 0.5) is 0 Å². The van der Waals surface area contributed by atoms with Gasteiger partial charge in [-0.15, -0.1) is 0 Å². The lowest BCUT2D eigenvalue weighted by atomic mass is 10.1. The van der Waals surface area contributed by atoms with E-state index in [1.165, 1.54) is 21.8 Å². The highest BCUT2D eigenvalue weighted by Crippen LogP contribution is 2.11. The molecule has 94 valence electrons. The van der Waals surface area contributed by atoms with Crippen molar-refractivity contribution in [2.45, 2.75) is 48.1 Å². The standard InChI is InChI=1S/C10H15NO.2C2H6/c1-8-4-5-10(7-11(3)12)9(2)6-8;2*1-2/h4-6,12H,7H2,1-3H3;2*1-2H3. The molecule has 1 N–H and O–H groups in total. The summed E-state index contributed by atoms with van der Waals surface area (Å²) < 4.78 is 0. The quantitative estimate of drug-likeness (QED) is 0.763. The van der Waals surface area contributed by atoms with Crippen molar-refractivity contribution in [3.63, 3.8) is 0 Å². The van der Waals surface area contributed by atoms with Crippen molar-refractivity contribution in [2.75, 3.05) is 7.05 Å². The second-order valence-electron chi connectivity index (χ2n) is 3.25. The fraction of sp³-hybridized carbons (Fsp3) is 0.571. The summed E-state index contributed by atoms with van der Waals surface area (Å²) in [5.41, 5.74) is 3.67. The van der Waals surface area contributed by atoms with Gasteiger partial charge >= 0.3 is 0 Å². The summed E-state index contributed by atoms with van der Waals surface area (Å²) >= 11 is 0. The average molecular weight is 225 g/mol. The van der Waals surface area contributed by atoms with Gasteiger partial charge in [0, 0.05) is 13.6 Å². The van der Waals surface area contributed by atoms with Gasteiger partial charge in [-0.1, -0.05) is 51.5 Å². The second kappa shape index (κ2) is 10.7. The molecule has 2 heteroatoms. The third-order valence-electron chi connectivity index (χ3n) is 1.90. The molecule has 0 aromatic heterocycles. The van der Waals surface area contributed by atoms with Crippen LogP contribution in [0.1, 0.15) is 44.4 Å². The molecule has 0 saturated heterocycles. The minimum absolute atomic E-state index is 0.589. The molecule has 1 aromatic carbocycles. The van der Waals surface area contributed by atoms with Crippen LogP contribution in [-0.4, -0.2) is 17.3 Å². The first kappa shape index (κ1) is 17.5. The smallest absolute Gasteiger partial charge is 0.0488 e. The lowest BCUT2D eigenvalue weighted by molar-refractivity contribution is -0.0732. The lowest BCUT2D eigenvalue weighted by Gasteiger charge is -2.10. The lowest BCUT2D eigenvalue weighted by Crippen LogP contribution is -2.12. The molecular formula is C14H27NO. The molecular weight excluding hydrogens is 198 g/mol. The van der Waals surface area contributed by atoms with Crippen LogP contribution in [0.5, 0.6) is 0 Å². The van der Waals surface area contributed by atoms with Gasteiger partial charge in [-0.05, 0) is 25.0 Å². The first-order valence-corrected chi connectivity index (χ1v) is 6.06. The van der Waals surface area contributed by atoms with Crippen LogP contribution < -0.4 is 0 Å². The van der Waals surface area contributed by atoms with Gasteiger partial charge in [0.15, 0.2) is 0 Å². The molecule has 1 rings (SSSR count). The molecule has 0 amide bonds. The number of hydrogen-bond acceptors (Lipinski definition) is 2. The molecule has 0 atom stereocenters. The Hall–Kier alpha value is -0.860. The van der Waals surface area contributed by atoms with Gasteiger partial charge in [-0.25, -0.2) is 0 Å². The maximum absolute atomic E-state index is 9.03. The number of benzene rings is 1. The van der Waals surface area contributed by atoms with Crippen LogP contribution >= 0.6 is 0 Å². The molecule has 0 aliphatic heterocycles. The van der Waals surface area contributed by atoms with E-state index >= 15 is 0 Å². The summed E-state index contributed by atoms with van der Waals surface area (Å²) in [7, 11) is 1.65. The van der Waals surface area contributed by atoms with Gasteiger partial charge in [0.05, 0.1) is 0 Å². The van der Waals surface area contributed by atoms with Crippen molar-refractivity contribution in [3.05, 3.63) is 34.9 Å². The Balaban J connectivity index is 0. The maximum Gasteiger partial charge on any atom is 0.0488 e. The van der Waals surface area contributed by atoms with Gasteiger partial charge in [-0.2, -0.15) is 5.06 Å². The number of nitrogens with zero attached hydrogens (tertiary/aromatic N) is 1. The Bertz CT molecular complexity index is 269. The zero-order valence-electron chi connectivity index (χ0n) is 11.8. The zero-order chi connectivity index (χ0) is 13.1. The third-order valence-corrected chi connectivity index (χ3v) is 1.90. The molecule has 1 aromatic rings. The molecule has 0 heterocycles. The van der Waals surface area contributed by atoms with E-state index in [4.69, 9.17) is 5.21 Å². The van der Waals surface area contributed by atoms with E-state index in [9.17, 15) is 0 Å². The van der Waals surface area contributed by atoms with Crippen molar-refractivity contribution in [2.24, 2.45) is 0 Å². The average Bonchev–Trinajstić information content (AvgIpc) is 2.28. The summed E-state index contributed by atoms with van der Waals surface area (Å²) in [5, 5.41) is 10.2. The Kier molecular flexibility index (Phi) is 11.7. The molecule has 0 aliphatic carbocycles. The van der Waals surface area contributed by atoms with Crippen LogP contribution in [0.15, 0.2) is 18.2 Å². The third kappa shape index (κ3) is 7.43. The second-order valence-corrected chi connectivity index (χ2v) is 3.25. The molecule has 2 nitrogen and oxygen atoms in total. The fourth-order valence-electron chi connectivity index (χ4n) is 1.27. The Morgan fingerprint density at radius 2 is 1.56 bits per heavy atom. The van der Waals surface area contributed by atoms with Gasteiger partial charge in [0.1, 0.15) is 0 Å². The highest BCUT2D eigenvalue weighted by molar-refractivity contribution is 5.30. The maximum atomic E-state index is 9.03. The Labute approximate surface area is 101 Å². The minimum atomic E-state index is 0.589. The van der Waals surface area contributed by atoms with E-state index in [0.29, 0.717) is 6.54 Å². The number of rotatable bonds is 2. The van der Waals surface area contributed by atoms with Crippen LogP contribution in [0.2, 0.25) is 0 Å². The van der Waals surface area contributed by atoms with Crippen LogP contribution in [0.3, 0.4) is 0 Å². The summed E-state index contributed by atoms with van der Waals surface area (Å²) in [6.07, 6.45) is 0. The fourth-order valence-corrected chi connectivity index (χ4v) is 1.27. The molecule has 0 spiro atoms. The summed E-state index contributed by atoms with van der Waals surface area (Å²) in [6, 6.07) is 6.24. The van der Waals surface area contributed by atoms with Crippen LogP contribution in [0, 0.1) is 13.8 Å². The first-order valence-electron chi connectivity index (χ1n) is 6.06. The number of aryl methyl sites for hydroxylation is 2. The van der Waals surface area contributed by atoms with E-state index in [1.54, 1.807) is 7.05 Å². The zero-order valence-corrected chi connectivity index (χ0v) is 11.8. The van der Waals surface area contributed by atoms with Gasteiger partial charge in [0.25, 0.3) is 0 Å². The molecule has 0 unspecified atom stereocenters. The molecule has 0 saturated carbocycles. The first-order chi connectivity index (χ1) is 7.59. The topological polar surface area (TPSA) is 23.5 Å². The van der Waals surface area contributed by atoms with Gasteiger partial charge in [0.2, 0.25) is 0 Å². The molecule has 16 heavy (non-hydrogen) atoms. The monoisotopic (exact) mass is 225 g/mol. The largest absolute Gasteiger partial charge is 0.314 e. The number of hydroxylamine groups is 2. The van der Waals surface area contributed by atoms with E-state index in [2.05, 4.69) is 32.0 Å². The van der Waals surface area contributed by atoms with Crippen LogP contribution in [0.25, 0.3) is 0 Å². The van der Waals surface area contributed by atoms with E-state index in [-0.39, 0.29) is 0 Å². The summed E-state index contributed by atoms with van der Waals surface area (Å²) in [6.45, 7) is 12.7. The van der Waals surface area contributed by atoms with Gasteiger partial charge < -0.3 is 5.21 Å². The summed E-state index contributed by atoms with van der Waals surface area (Å²) in [5.74, 6) is 0. The predicted molar refractivity (Wildman–Crippen MR) is 71.9 cm³/mol. The molecule has 0 aliphatic rings. The van der Waals surface area contributed by atoms with Gasteiger partial charge in [-0.3, -0.25) is 0 Å². The van der Waals surface area contributed by atoms with Crippen LogP contribution in [-0.2, 0) is 6.54 Å². The molecule has 0 bridgehead atoms. The van der Waals surface area contributed by atoms with E-state index in [1.807, 2.05) is 27.7 Å². The summed E-state index contributed by atoms with van der Waals surface area (Å²) in [4.78, 5) is 0. The highest BCUT2D eigenvalue weighted by atomic mass is 16.5. The van der Waals surface area contributed by atoms with Crippen molar-refractivity contribution in [1.29, 1.82) is 0 Å². The minimum Gasteiger partial charge on any atom is -0.314 e. The SMILES string of the molecule is CC.CC.Cc1ccc(CN(C)O)c(C)c1. The Morgan fingerprint density at radius 3 is 1.94 bits per heavy atom. The van der Waals surface area contributed by atoms with E-state index < -0.39 is 0 Å². The highest BCUT2D eigenvalue weighted by Gasteiger charge is 1.99. The number of hydrogen-bond donors (Lipinski definition) is 1. The normalized spacial score (nSPS) is 8.81. The van der Waals surface area contributed by atoms with Crippen molar-refractivity contribution in [1.82, 2.24) is 5.06 Å². The Morgan fingerprint density at radius 1 is 1.06 bits per heavy atom.